The topological polar surface area (TPSA) is 80.7 Å². The maximum atomic E-state index is 12.1. The van der Waals surface area contributed by atoms with Gasteiger partial charge in [-0.15, -0.1) is 0 Å². The third kappa shape index (κ3) is 3.05. The molecule has 2 aliphatic rings. The molecule has 2 fully saturated rings. The zero-order valence-corrected chi connectivity index (χ0v) is 10.6. The maximum absolute atomic E-state index is 12.1. The second-order valence-electron chi connectivity index (χ2n) is 5.10. The number of ketones is 1. The largest absolute Gasteiger partial charge is 0.393 e. The lowest BCUT2D eigenvalue weighted by molar-refractivity contribution is -0.137. The molecule has 2 rings (SSSR count). The van der Waals surface area contributed by atoms with Crippen molar-refractivity contribution in [1.29, 1.82) is 0 Å². The first kappa shape index (κ1) is 13.0. The highest BCUT2D eigenvalue weighted by atomic mass is 32.2. The summed E-state index contributed by atoms with van der Waals surface area (Å²) < 4.78 is 26.9. The van der Waals surface area contributed by atoms with E-state index in [1.54, 1.807) is 0 Å². The molecule has 0 aromatic heterocycles. The lowest BCUT2D eigenvalue weighted by atomic mass is 9.68. The van der Waals surface area contributed by atoms with Gasteiger partial charge in [-0.2, -0.15) is 8.42 Å². The predicted molar refractivity (Wildman–Crippen MR) is 60.8 cm³/mol. The van der Waals surface area contributed by atoms with Crippen molar-refractivity contribution in [3.63, 3.8) is 0 Å². The monoisotopic (exact) mass is 262 g/mol. The number of carbonyl (C=O) groups excluding carboxylic acids is 1. The Bertz CT molecular complexity index is 402. The van der Waals surface area contributed by atoms with Gasteiger partial charge in [-0.3, -0.25) is 8.98 Å². The highest BCUT2D eigenvalue weighted by Crippen LogP contribution is 2.39. The van der Waals surface area contributed by atoms with Gasteiger partial charge in [-0.05, 0) is 38.0 Å². The van der Waals surface area contributed by atoms with E-state index in [4.69, 9.17) is 4.18 Å². The van der Waals surface area contributed by atoms with E-state index in [0.717, 1.165) is 12.7 Å². The molecule has 2 aliphatic carbocycles. The number of Topliss-reactive ketones (excluding diaryl/α,β-unsaturated/α-hetero) is 1. The van der Waals surface area contributed by atoms with Crippen LogP contribution in [0.5, 0.6) is 0 Å². The fourth-order valence-electron chi connectivity index (χ4n) is 2.99. The number of aliphatic hydroxyl groups is 1. The van der Waals surface area contributed by atoms with Gasteiger partial charge in [0.25, 0.3) is 10.1 Å². The zero-order valence-electron chi connectivity index (χ0n) is 9.83. The summed E-state index contributed by atoms with van der Waals surface area (Å²) >= 11 is 0. The number of hydrogen-bond donors (Lipinski definition) is 1. The van der Waals surface area contributed by atoms with E-state index in [1.807, 2.05) is 0 Å². The summed E-state index contributed by atoms with van der Waals surface area (Å²) in [7, 11) is -3.58. The molecular formula is C11H18O5S. The Balaban J connectivity index is 2.05. The number of rotatable bonds is 2. The van der Waals surface area contributed by atoms with Gasteiger partial charge in [-0.25, -0.2) is 0 Å². The summed E-state index contributed by atoms with van der Waals surface area (Å²) in [6, 6.07) is 0. The molecule has 6 heteroatoms. The quantitative estimate of drug-likeness (QED) is 0.732. The third-order valence-electron chi connectivity index (χ3n) is 3.73. The molecular weight excluding hydrogens is 244 g/mol. The van der Waals surface area contributed by atoms with Crippen LogP contribution in [-0.4, -0.2) is 37.8 Å². The second kappa shape index (κ2) is 4.66. The number of aliphatic hydroxyl groups excluding tert-OH is 1. The SMILES string of the molecule is CS(=O)(=O)OC1CCC2CC(O)CCC2C1=O. The molecule has 0 aromatic rings. The molecule has 2 saturated carbocycles. The van der Waals surface area contributed by atoms with Crippen LogP contribution in [-0.2, 0) is 19.1 Å². The van der Waals surface area contributed by atoms with E-state index in [2.05, 4.69) is 0 Å². The number of hydrogen-bond acceptors (Lipinski definition) is 5. The molecule has 98 valence electrons. The summed E-state index contributed by atoms with van der Waals surface area (Å²) in [6.07, 6.45) is 2.98. The molecule has 4 atom stereocenters. The van der Waals surface area contributed by atoms with E-state index in [-0.39, 0.29) is 23.7 Å². The van der Waals surface area contributed by atoms with Crippen molar-refractivity contribution < 1.29 is 22.5 Å². The summed E-state index contributed by atoms with van der Waals surface area (Å²) in [4.78, 5) is 12.1. The van der Waals surface area contributed by atoms with E-state index in [1.165, 1.54) is 0 Å². The van der Waals surface area contributed by atoms with Gasteiger partial charge in [0.15, 0.2) is 5.78 Å². The highest BCUT2D eigenvalue weighted by molar-refractivity contribution is 7.86. The lowest BCUT2D eigenvalue weighted by Crippen LogP contribution is -2.44. The van der Waals surface area contributed by atoms with Crippen molar-refractivity contribution >= 4 is 15.9 Å². The van der Waals surface area contributed by atoms with Gasteiger partial charge in [-0.1, -0.05) is 0 Å². The minimum Gasteiger partial charge on any atom is -0.393 e. The van der Waals surface area contributed by atoms with Crippen LogP contribution < -0.4 is 0 Å². The third-order valence-corrected chi connectivity index (χ3v) is 4.31. The van der Waals surface area contributed by atoms with E-state index in [0.29, 0.717) is 25.7 Å². The molecule has 0 amide bonds. The molecule has 1 N–H and O–H groups in total. The first-order chi connectivity index (χ1) is 7.87. The fraction of sp³-hybridized carbons (Fsp3) is 0.909. The first-order valence-electron chi connectivity index (χ1n) is 5.97. The Hall–Kier alpha value is -0.460. The Labute approximate surface area is 101 Å². The van der Waals surface area contributed by atoms with Gasteiger partial charge in [0.2, 0.25) is 0 Å². The highest BCUT2D eigenvalue weighted by Gasteiger charge is 2.42. The Morgan fingerprint density at radius 2 is 1.94 bits per heavy atom. The molecule has 0 spiro atoms. The van der Waals surface area contributed by atoms with Crippen LogP contribution >= 0.6 is 0 Å². The van der Waals surface area contributed by atoms with Crippen LogP contribution in [0.3, 0.4) is 0 Å². The summed E-state index contributed by atoms with van der Waals surface area (Å²) in [5.41, 5.74) is 0. The van der Waals surface area contributed by atoms with Gasteiger partial charge in [0.05, 0.1) is 12.4 Å². The zero-order chi connectivity index (χ0) is 12.6. The summed E-state index contributed by atoms with van der Waals surface area (Å²) in [5, 5.41) is 9.55. The van der Waals surface area contributed by atoms with Crippen LogP contribution in [0.4, 0.5) is 0 Å². The average molecular weight is 262 g/mol. The smallest absolute Gasteiger partial charge is 0.265 e. The Morgan fingerprint density at radius 1 is 1.24 bits per heavy atom. The van der Waals surface area contributed by atoms with Gasteiger partial charge >= 0.3 is 0 Å². The minimum atomic E-state index is -3.58. The van der Waals surface area contributed by atoms with Gasteiger partial charge in [0, 0.05) is 5.92 Å². The minimum absolute atomic E-state index is 0.0985. The van der Waals surface area contributed by atoms with Gasteiger partial charge < -0.3 is 5.11 Å². The van der Waals surface area contributed by atoms with E-state index >= 15 is 0 Å². The predicted octanol–water partition coefficient (Wildman–Crippen LogP) is 0.471. The van der Waals surface area contributed by atoms with Crippen LogP contribution in [0.2, 0.25) is 0 Å². The Kier molecular flexibility index (Phi) is 3.56. The van der Waals surface area contributed by atoms with Crippen LogP contribution in [0.15, 0.2) is 0 Å². The molecule has 17 heavy (non-hydrogen) atoms. The average Bonchev–Trinajstić information content (AvgIpc) is 2.20. The van der Waals surface area contributed by atoms with Crippen molar-refractivity contribution in [2.45, 2.75) is 44.3 Å². The molecule has 0 bridgehead atoms. The Morgan fingerprint density at radius 3 is 2.59 bits per heavy atom. The molecule has 0 heterocycles. The molecule has 0 radical (unpaired) electrons. The van der Waals surface area contributed by atoms with Crippen LogP contribution in [0.25, 0.3) is 0 Å². The van der Waals surface area contributed by atoms with Gasteiger partial charge in [0.1, 0.15) is 6.10 Å². The van der Waals surface area contributed by atoms with Crippen molar-refractivity contribution in [2.24, 2.45) is 11.8 Å². The van der Waals surface area contributed by atoms with E-state index < -0.39 is 16.2 Å². The molecule has 4 unspecified atom stereocenters. The van der Waals surface area contributed by atoms with Crippen molar-refractivity contribution in [1.82, 2.24) is 0 Å². The van der Waals surface area contributed by atoms with Crippen LogP contribution in [0.1, 0.15) is 32.1 Å². The van der Waals surface area contributed by atoms with Crippen LogP contribution in [0, 0.1) is 11.8 Å². The fourth-order valence-corrected chi connectivity index (χ4v) is 3.60. The summed E-state index contributed by atoms with van der Waals surface area (Å²) in [5.74, 6) is -0.0249. The van der Waals surface area contributed by atoms with Crippen molar-refractivity contribution in [3.8, 4) is 0 Å². The first-order valence-corrected chi connectivity index (χ1v) is 7.78. The molecule has 5 nitrogen and oxygen atoms in total. The second-order valence-corrected chi connectivity index (χ2v) is 6.70. The van der Waals surface area contributed by atoms with E-state index in [9.17, 15) is 18.3 Å². The normalized spacial score (nSPS) is 38.8. The lowest BCUT2D eigenvalue weighted by Gasteiger charge is -2.38. The van der Waals surface area contributed by atoms with Crippen molar-refractivity contribution in [3.05, 3.63) is 0 Å². The standard InChI is InChI=1S/C11H18O5S/c1-17(14,15)16-10-5-2-7-6-8(12)3-4-9(7)11(10)13/h7-10,12H,2-6H2,1H3. The maximum Gasteiger partial charge on any atom is 0.265 e. The van der Waals surface area contributed by atoms with Crippen molar-refractivity contribution in [2.75, 3.05) is 6.26 Å². The molecule has 0 aromatic carbocycles. The molecule has 0 aliphatic heterocycles. The number of carbonyl (C=O) groups is 1. The number of fused-ring (bicyclic) bond motifs is 1. The summed E-state index contributed by atoms with van der Waals surface area (Å²) in [6.45, 7) is 0. The molecule has 0 saturated heterocycles.